The molecule has 0 saturated heterocycles. The minimum atomic E-state index is -1.55. The SMILES string of the molecule is CCC(=O)OCC(=O)[C@@]1(OC(=O)CC)[C@H](C)C[C@H]2[C@H]3[C@H]([C@@H](O)C[C@@]21C)[C@@]1(C)C=CC(=NOCCc2cccc(Br)c2)C=C1C[C@H]3Cl. The molecule has 10 heteroatoms. The van der Waals surface area contributed by atoms with Gasteiger partial charge in [0.05, 0.1) is 6.10 Å². The minimum Gasteiger partial charge on any atom is -0.457 e. The predicted octanol–water partition coefficient (Wildman–Crippen LogP) is 6.75. The molecule has 0 radical (unpaired) electrons. The summed E-state index contributed by atoms with van der Waals surface area (Å²) in [6.07, 6.45) is 7.63. The Morgan fingerprint density at radius 3 is 2.59 bits per heavy atom. The second-order valence-electron chi connectivity index (χ2n) is 13.8. The Morgan fingerprint density at radius 2 is 1.89 bits per heavy atom. The van der Waals surface area contributed by atoms with Gasteiger partial charge in [0.25, 0.3) is 0 Å². The molecule has 0 aromatic heterocycles. The molecule has 0 unspecified atom stereocenters. The van der Waals surface area contributed by atoms with Crippen molar-refractivity contribution in [1.82, 2.24) is 0 Å². The van der Waals surface area contributed by atoms with Gasteiger partial charge >= 0.3 is 11.9 Å². The number of oxime groups is 1. The fourth-order valence-electron chi connectivity index (χ4n) is 9.08. The van der Waals surface area contributed by atoms with E-state index in [1.165, 1.54) is 0 Å². The number of benzene rings is 1. The van der Waals surface area contributed by atoms with Crippen LogP contribution in [0.1, 0.15) is 72.3 Å². The number of aliphatic hydroxyl groups is 1. The van der Waals surface area contributed by atoms with Gasteiger partial charge in [-0.25, -0.2) is 0 Å². The van der Waals surface area contributed by atoms with E-state index in [0.29, 0.717) is 25.2 Å². The van der Waals surface area contributed by atoms with Gasteiger partial charge in [-0.1, -0.05) is 79.5 Å². The predicted molar refractivity (Wildman–Crippen MR) is 179 cm³/mol. The number of rotatable bonds is 10. The second kappa shape index (κ2) is 13.6. The zero-order valence-corrected chi connectivity index (χ0v) is 29.6. The van der Waals surface area contributed by atoms with Crippen LogP contribution < -0.4 is 0 Å². The summed E-state index contributed by atoms with van der Waals surface area (Å²) in [4.78, 5) is 44.7. The third-order valence-corrected chi connectivity index (χ3v) is 12.1. The smallest absolute Gasteiger partial charge is 0.306 e. The summed E-state index contributed by atoms with van der Waals surface area (Å²) < 4.78 is 12.5. The number of nitrogens with zero attached hydrogens (tertiary/aromatic N) is 1. The summed E-state index contributed by atoms with van der Waals surface area (Å²) in [6.45, 7) is 9.32. The zero-order valence-electron chi connectivity index (χ0n) is 27.3. The van der Waals surface area contributed by atoms with Crippen LogP contribution in [0.2, 0.25) is 0 Å². The standard InChI is InChI=1S/C36H45BrClNO7/c1-6-30(42)44-20-29(41)36(46-31(43)7-2)21(3)15-26-32-27(38)18-23-17-25(39-45-14-12-22-9-8-10-24(37)16-22)11-13-34(23,4)33(32)28(40)19-35(26,36)5/h8-11,13,16-17,21,26-28,32-33,40H,6-7,12,14-15,18-20H2,1-5H3/t21-,26+,27-,28+,32-,33+,34+,35+,36+/m1/s1. The molecule has 4 aliphatic carbocycles. The number of fused-ring (bicyclic) bond motifs is 5. The summed E-state index contributed by atoms with van der Waals surface area (Å²) in [7, 11) is 0. The number of hydrogen-bond donors (Lipinski definition) is 1. The van der Waals surface area contributed by atoms with E-state index in [-0.39, 0.29) is 48.3 Å². The molecule has 0 heterocycles. The summed E-state index contributed by atoms with van der Waals surface area (Å²) in [5.74, 6) is -2.28. The molecule has 1 N–H and O–H groups in total. The van der Waals surface area contributed by atoms with Crippen molar-refractivity contribution in [3.05, 3.63) is 58.1 Å². The number of Topliss-reactive ketones (excluding diaryl/α,β-unsaturated/α-hetero) is 1. The average Bonchev–Trinajstić information content (AvgIpc) is 3.23. The number of hydrogen-bond acceptors (Lipinski definition) is 8. The Labute approximate surface area is 285 Å². The highest BCUT2D eigenvalue weighted by molar-refractivity contribution is 9.10. The molecule has 4 aliphatic rings. The lowest BCUT2D eigenvalue weighted by atomic mass is 9.46. The lowest BCUT2D eigenvalue weighted by Gasteiger charge is -2.61. The van der Waals surface area contributed by atoms with Crippen molar-refractivity contribution in [1.29, 1.82) is 0 Å². The molecule has 8 nitrogen and oxygen atoms in total. The van der Waals surface area contributed by atoms with Gasteiger partial charge in [-0.05, 0) is 60.9 Å². The molecule has 3 fully saturated rings. The third-order valence-electron chi connectivity index (χ3n) is 11.2. The zero-order chi connectivity index (χ0) is 33.4. The lowest BCUT2D eigenvalue weighted by molar-refractivity contribution is -0.205. The number of esters is 2. The van der Waals surface area contributed by atoms with E-state index in [1.807, 2.05) is 38.1 Å². The Balaban J connectivity index is 1.41. The van der Waals surface area contributed by atoms with Crippen molar-refractivity contribution in [3.8, 4) is 0 Å². The number of alkyl halides is 1. The highest BCUT2D eigenvalue weighted by Gasteiger charge is 2.73. The minimum absolute atomic E-state index is 0.0959. The summed E-state index contributed by atoms with van der Waals surface area (Å²) >= 11 is 10.8. The number of allylic oxidation sites excluding steroid dienone is 4. The van der Waals surface area contributed by atoms with Gasteiger partial charge in [0.15, 0.2) is 12.2 Å². The quantitative estimate of drug-likeness (QED) is 0.123. The van der Waals surface area contributed by atoms with Crippen LogP contribution in [-0.4, -0.2) is 58.8 Å². The lowest BCUT2D eigenvalue weighted by Crippen LogP contribution is -2.65. The topological polar surface area (TPSA) is 111 Å². The van der Waals surface area contributed by atoms with Crippen LogP contribution in [0.5, 0.6) is 0 Å². The maximum atomic E-state index is 14.1. The van der Waals surface area contributed by atoms with E-state index in [9.17, 15) is 19.5 Å². The number of ether oxygens (including phenoxy) is 2. The van der Waals surface area contributed by atoms with Crippen molar-refractivity contribution in [2.45, 2.75) is 90.2 Å². The van der Waals surface area contributed by atoms with Gasteiger partial charge in [0, 0.05) is 51.8 Å². The van der Waals surface area contributed by atoms with E-state index in [1.54, 1.807) is 13.8 Å². The first-order chi connectivity index (χ1) is 21.8. The largest absolute Gasteiger partial charge is 0.457 e. The van der Waals surface area contributed by atoms with Crippen molar-refractivity contribution < 1.29 is 33.8 Å². The molecule has 0 spiro atoms. The molecule has 46 heavy (non-hydrogen) atoms. The number of halogens is 2. The van der Waals surface area contributed by atoms with Gasteiger partial charge in [-0.3, -0.25) is 14.4 Å². The fourth-order valence-corrected chi connectivity index (χ4v) is 10.0. The average molecular weight is 719 g/mol. The Hall–Kier alpha value is -2.49. The molecular formula is C36H45BrClNO7. The molecule has 1 aromatic carbocycles. The molecule has 1 aromatic rings. The number of ketones is 1. The van der Waals surface area contributed by atoms with Gasteiger partial charge in [0.2, 0.25) is 5.78 Å². The van der Waals surface area contributed by atoms with Crippen LogP contribution >= 0.6 is 27.5 Å². The van der Waals surface area contributed by atoms with E-state index in [0.717, 1.165) is 22.0 Å². The van der Waals surface area contributed by atoms with E-state index in [4.69, 9.17) is 25.9 Å². The maximum Gasteiger partial charge on any atom is 0.306 e. The van der Waals surface area contributed by atoms with Gasteiger partial charge in [-0.15, -0.1) is 11.6 Å². The molecule has 0 amide bonds. The van der Waals surface area contributed by atoms with Gasteiger partial charge in [-0.2, -0.15) is 0 Å². The number of carbonyl (C=O) groups is 3. The summed E-state index contributed by atoms with van der Waals surface area (Å²) in [5, 5.41) is 16.1. The fraction of sp³-hybridized carbons (Fsp3) is 0.611. The molecule has 0 bridgehead atoms. The number of aliphatic hydroxyl groups excluding tert-OH is 1. The Bertz CT molecular complexity index is 1460. The van der Waals surface area contributed by atoms with Gasteiger partial charge in [0.1, 0.15) is 12.3 Å². The van der Waals surface area contributed by atoms with Gasteiger partial charge < -0.3 is 19.4 Å². The first-order valence-electron chi connectivity index (χ1n) is 16.4. The van der Waals surface area contributed by atoms with Crippen LogP contribution in [0.3, 0.4) is 0 Å². The molecule has 3 saturated carbocycles. The highest BCUT2D eigenvalue weighted by atomic mass is 79.9. The van der Waals surface area contributed by atoms with E-state index in [2.05, 4.69) is 46.2 Å². The molecule has 0 aliphatic heterocycles. The van der Waals surface area contributed by atoms with Crippen LogP contribution in [0, 0.1) is 34.5 Å². The third kappa shape index (κ3) is 6.00. The van der Waals surface area contributed by atoms with Crippen LogP contribution in [0.4, 0.5) is 0 Å². The van der Waals surface area contributed by atoms with Crippen molar-refractivity contribution >= 4 is 51.0 Å². The van der Waals surface area contributed by atoms with Crippen LogP contribution in [0.15, 0.2) is 57.7 Å². The second-order valence-corrected chi connectivity index (χ2v) is 15.2. The normalized spacial score (nSPS) is 37.0. The van der Waals surface area contributed by atoms with Crippen molar-refractivity contribution in [2.75, 3.05) is 13.2 Å². The first-order valence-corrected chi connectivity index (χ1v) is 17.6. The van der Waals surface area contributed by atoms with Crippen molar-refractivity contribution in [3.63, 3.8) is 0 Å². The Kier molecular flexibility index (Phi) is 10.3. The van der Waals surface area contributed by atoms with Crippen LogP contribution in [0.25, 0.3) is 0 Å². The first kappa shape index (κ1) is 34.8. The molecule has 9 atom stereocenters. The van der Waals surface area contributed by atoms with Crippen molar-refractivity contribution in [2.24, 2.45) is 39.7 Å². The highest BCUT2D eigenvalue weighted by Crippen LogP contribution is 2.69. The number of carbonyl (C=O) groups excluding carboxylic acids is 3. The van der Waals surface area contributed by atoms with E-state index >= 15 is 0 Å². The monoisotopic (exact) mass is 717 g/mol. The summed E-state index contributed by atoms with van der Waals surface area (Å²) in [5.41, 5.74) is -0.00261. The molecular weight excluding hydrogens is 674 g/mol. The molecule has 250 valence electrons. The Morgan fingerprint density at radius 1 is 1.15 bits per heavy atom. The van der Waals surface area contributed by atoms with Crippen LogP contribution in [-0.2, 0) is 35.1 Å². The molecule has 5 rings (SSSR count). The maximum absolute atomic E-state index is 14.1. The van der Waals surface area contributed by atoms with E-state index < -0.39 is 46.9 Å². The summed E-state index contributed by atoms with van der Waals surface area (Å²) in [6, 6.07) is 8.09.